The lowest BCUT2D eigenvalue weighted by Crippen LogP contribution is -2.45. The molecule has 0 N–H and O–H groups in total. The Kier molecular flexibility index (Phi) is 6.73. The summed E-state index contributed by atoms with van der Waals surface area (Å²) in [5.74, 6) is 0.116. The minimum Gasteiger partial charge on any atom is -0.444 e. The van der Waals surface area contributed by atoms with E-state index in [4.69, 9.17) is 4.74 Å². The van der Waals surface area contributed by atoms with Crippen molar-refractivity contribution in [2.45, 2.75) is 45.8 Å². The lowest BCUT2D eigenvalue weighted by atomic mass is 9.95. The molecule has 1 aliphatic rings. The molecule has 2 rings (SSSR count). The second-order valence-electron chi connectivity index (χ2n) is 8.50. The molecule has 6 heteroatoms. The molecule has 150 valence electrons. The highest BCUT2D eigenvalue weighted by molar-refractivity contribution is 5.79. The minimum absolute atomic E-state index is 0.0327. The summed E-state index contributed by atoms with van der Waals surface area (Å²) in [7, 11) is 5.87. The molecule has 0 bridgehead atoms. The lowest BCUT2D eigenvalue weighted by molar-refractivity contribution is -0.136. The van der Waals surface area contributed by atoms with Crippen molar-refractivity contribution in [3.63, 3.8) is 0 Å². The third-order valence-electron chi connectivity index (χ3n) is 4.74. The van der Waals surface area contributed by atoms with Crippen molar-refractivity contribution >= 4 is 17.7 Å². The van der Waals surface area contributed by atoms with Crippen LogP contribution in [0, 0.1) is 5.92 Å². The zero-order valence-corrected chi connectivity index (χ0v) is 17.5. The molecular weight excluding hydrogens is 342 g/mol. The molecule has 0 spiro atoms. The van der Waals surface area contributed by atoms with Crippen LogP contribution in [-0.4, -0.2) is 61.6 Å². The summed E-state index contributed by atoms with van der Waals surface area (Å²) in [5, 5.41) is 0. The quantitative estimate of drug-likeness (QED) is 0.810. The number of benzene rings is 1. The second kappa shape index (κ2) is 8.63. The third-order valence-corrected chi connectivity index (χ3v) is 4.74. The van der Waals surface area contributed by atoms with Gasteiger partial charge in [-0.3, -0.25) is 4.79 Å². The molecule has 1 heterocycles. The van der Waals surface area contributed by atoms with E-state index in [1.807, 2.05) is 41.9 Å². The molecule has 2 amide bonds. The van der Waals surface area contributed by atoms with Gasteiger partial charge in [0.2, 0.25) is 5.91 Å². The topological polar surface area (TPSA) is 53.1 Å². The highest BCUT2D eigenvalue weighted by atomic mass is 16.6. The van der Waals surface area contributed by atoms with Gasteiger partial charge in [-0.05, 0) is 51.3 Å². The van der Waals surface area contributed by atoms with E-state index in [0.29, 0.717) is 32.5 Å². The zero-order valence-electron chi connectivity index (χ0n) is 17.5. The number of amides is 2. The van der Waals surface area contributed by atoms with Gasteiger partial charge in [-0.1, -0.05) is 12.1 Å². The molecule has 0 atom stereocenters. The number of rotatable bonds is 4. The van der Waals surface area contributed by atoms with Crippen molar-refractivity contribution in [2.75, 3.05) is 39.1 Å². The Hall–Kier alpha value is -2.24. The predicted octanol–water partition coefficient (Wildman–Crippen LogP) is 3.36. The normalized spacial score (nSPS) is 15.4. The van der Waals surface area contributed by atoms with Crippen molar-refractivity contribution in [2.24, 2.45) is 5.92 Å². The van der Waals surface area contributed by atoms with Crippen molar-refractivity contribution < 1.29 is 14.3 Å². The summed E-state index contributed by atoms with van der Waals surface area (Å²) in [6, 6.07) is 8.24. The number of piperidine rings is 1. The van der Waals surface area contributed by atoms with Crippen LogP contribution in [0.2, 0.25) is 0 Å². The summed E-state index contributed by atoms with van der Waals surface area (Å²) >= 11 is 0. The van der Waals surface area contributed by atoms with Gasteiger partial charge in [-0.15, -0.1) is 0 Å². The number of likely N-dealkylation sites (tertiary alicyclic amines) is 1. The van der Waals surface area contributed by atoms with Crippen molar-refractivity contribution in [1.29, 1.82) is 0 Å². The maximum atomic E-state index is 12.8. The van der Waals surface area contributed by atoms with Crippen LogP contribution in [0.25, 0.3) is 0 Å². The number of anilines is 1. The van der Waals surface area contributed by atoms with Crippen LogP contribution in [0.4, 0.5) is 10.5 Å². The Morgan fingerprint density at radius 1 is 1.07 bits per heavy atom. The smallest absolute Gasteiger partial charge is 0.410 e. The SMILES string of the molecule is CN(Cc1ccc(N(C)C)cc1)C(=O)C1CCN(C(=O)OC(C)(C)C)CC1. The Bertz CT molecular complexity index is 642. The van der Waals surface area contributed by atoms with Gasteiger partial charge in [0, 0.05) is 52.4 Å². The first kappa shape index (κ1) is 21.1. The third kappa shape index (κ3) is 6.15. The maximum Gasteiger partial charge on any atom is 0.410 e. The number of nitrogens with zero attached hydrogens (tertiary/aromatic N) is 3. The highest BCUT2D eigenvalue weighted by Crippen LogP contribution is 2.22. The van der Waals surface area contributed by atoms with E-state index in [1.165, 1.54) is 0 Å². The average molecular weight is 376 g/mol. The molecule has 27 heavy (non-hydrogen) atoms. The van der Waals surface area contributed by atoms with Crippen molar-refractivity contribution in [3.8, 4) is 0 Å². The molecule has 1 aromatic carbocycles. The minimum atomic E-state index is -0.494. The highest BCUT2D eigenvalue weighted by Gasteiger charge is 2.31. The summed E-state index contributed by atoms with van der Waals surface area (Å²) in [4.78, 5) is 30.5. The maximum absolute atomic E-state index is 12.8. The summed E-state index contributed by atoms with van der Waals surface area (Å²) in [5.41, 5.74) is 1.76. The van der Waals surface area contributed by atoms with Crippen LogP contribution < -0.4 is 4.90 Å². The van der Waals surface area contributed by atoms with E-state index in [-0.39, 0.29) is 17.9 Å². The van der Waals surface area contributed by atoms with Crippen LogP contribution in [-0.2, 0) is 16.1 Å². The molecule has 6 nitrogen and oxygen atoms in total. The van der Waals surface area contributed by atoms with E-state index < -0.39 is 5.60 Å². The van der Waals surface area contributed by atoms with E-state index in [0.717, 1.165) is 11.3 Å². The molecule has 0 radical (unpaired) electrons. The van der Waals surface area contributed by atoms with E-state index >= 15 is 0 Å². The molecule has 0 unspecified atom stereocenters. The van der Waals surface area contributed by atoms with E-state index in [9.17, 15) is 9.59 Å². The van der Waals surface area contributed by atoms with Crippen molar-refractivity contribution in [3.05, 3.63) is 29.8 Å². The lowest BCUT2D eigenvalue weighted by Gasteiger charge is -2.34. The van der Waals surface area contributed by atoms with Gasteiger partial charge in [0.1, 0.15) is 5.60 Å². The van der Waals surface area contributed by atoms with Crippen LogP contribution in [0.3, 0.4) is 0 Å². The van der Waals surface area contributed by atoms with Gasteiger partial charge in [-0.2, -0.15) is 0 Å². The zero-order chi connectivity index (χ0) is 20.2. The second-order valence-corrected chi connectivity index (χ2v) is 8.50. The molecule has 1 aromatic rings. The largest absolute Gasteiger partial charge is 0.444 e. The van der Waals surface area contributed by atoms with E-state index in [2.05, 4.69) is 29.2 Å². The molecule has 0 saturated carbocycles. The fraction of sp³-hybridized carbons (Fsp3) is 0.619. The van der Waals surface area contributed by atoms with Gasteiger partial charge < -0.3 is 19.4 Å². The number of carbonyl (C=O) groups is 2. The number of carbonyl (C=O) groups excluding carboxylic acids is 2. The van der Waals surface area contributed by atoms with Gasteiger partial charge in [0.25, 0.3) is 0 Å². The Morgan fingerprint density at radius 3 is 2.11 bits per heavy atom. The van der Waals surface area contributed by atoms with Crippen LogP contribution in [0.5, 0.6) is 0 Å². The molecule has 0 aliphatic carbocycles. The molecular formula is C21H33N3O3. The van der Waals surface area contributed by atoms with Crippen molar-refractivity contribution in [1.82, 2.24) is 9.80 Å². The summed E-state index contributed by atoms with van der Waals surface area (Å²) in [6.45, 7) is 7.32. The number of hydrogen-bond acceptors (Lipinski definition) is 4. The van der Waals surface area contributed by atoms with Crippen LogP contribution in [0.1, 0.15) is 39.2 Å². The number of hydrogen-bond donors (Lipinski definition) is 0. The predicted molar refractivity (Wildman–Crippen MR) is 108 cm³/mol. The summed E-state index contributed by atoms with van der Waals surface area (Å²) in [6.07, 6.45) is 1.08. The average Bonchev–Trinajstić information content (AvgIpc) is 2.60. The standard InChI is InChI=1S/C21H33N3O3/c1-21(2,3)27-20(26)24-13-11-17(12-14-24)19(25)23(6)15-16-7-9-18(10-8-16)22(4)5/h7-10,17H,11-15H2,1-6H3. The first-order valence-corrected chi connectivity index (χ1v) is 9.56. The van der Waals surface area contributed by atoms with Gasteiger partial charge >= 0.3 is 6.09 Å². The van der Waals surface area contributed by atoms with Gasteiger partial charge in [-0.25, -0.2) is 4.79 Å². The molecule has 0 aromatic heterocycles. The Morgan fingerprint density at radius 2 is 1.63 bits per heavy atom. The Balaban J connectivity index is 1.85. The monoisotopic (exact) mass is 375 g/mol. The Labute approximate surface area is 163 Å². The van der Waals surface area contributed by atoms with E-state index in [1.54, 1.807) is 9.80 Å². The fourth-order valence-corrected chi connectivity index (χ4v) is 3.20. The first-order valence-electron chi connectivity index (χ1n) is 9.56. The molecule has 1 saturated heterocycles. The summed E-state index contributed by atoms with van der Waals surface area (Å²) < 4.78 is 5.41. The van der Waals surface area contributed by atoms with Crippen LogP contribution >= 0.6 is 0 Å². The van der Waals surface area contributed by atoms with Gasteiger partial charge in [0.05, 0.1) is 0 Å². The first-order chi connectivity index (χ1) is 12.6. The van der Waals surface area contributed by atoms with Gasteiger partial charge in [0.15, 0.2) is 0 Å². The molecule has 1 fully saturated rings. The number of ether oxygens (including phenoxy) is 1. The molecule has 1 aliphatic heterocycles. The van der Waals surface area contributed by atoms with Crippen LogP contribution in [0.15, 0.2) is 24.3 Å². The fourth-order valence-electron chi connectivity index (χ4n) is 3.20.